The first-order valence-corrected chi connectivity index (χ1v) is 3.03. The van der Waals surface area contributed by atoms with Crippen LogP contribution in [0.2, 0.25) is 0 Å². The van der Waals surface area contributed by atoms with Gasteiger partial charge in [-0.3, -0.25) is 0 Å². The van der Waals surface area contributed by atoms with Crippen LogP contribution in [0.5, 0.6) is 0 Å². The fourth-order valence-corrected chi connectivity index (χ4v) is 0.584. The molecule has 1 unspecified atom stereocenters. The van der Waals surface area contributed by atoms with Crippen molar-refractivity contribution in [3.8, 4) is 0 Å². The van der Waals surface area contributed by atoms with E-state index in [4.69, 9.17) is 4.84 Å². The molecular formula is C4H6BrNO. The van der Waals surface area contributed by atoms with Gasteiger partial charge in [0.1, 0.15) is 6.61 Å². The Bertz CT molecular complexity index is 102. The maximum atomic E-state index is 4.71. The summed E-state index contributed by atoms with van der Waals surface area (Å²) in [7, 11) is 0. The number of hydrogen-bond donors (Lipinski definition) is 0. The number of rotatable bonds is 0. The molecule has 0 fully saturated rings. The smallest absolute Gasteiger partial charge is 0.135 e. The molecule has 0 spiro atoms. The van der Waals surface area contributed by atoms with Crippen molar-refractivity contribution in [2.75, 3.05) is 6.61 Å². The van der Waals surface area contributed by atoms with Gasteiger partial charge in [0, 0.05) is 0 Å². The molecule has 3 heteroatoms. The molecule has 0 saturated carbocycles. The molecule has 1 aliphatic heterocycles. The molecule has 0 radical (unpaired) electrons. The third kappa shape index (κ3) is 0.938. The number of alkyl halides is 1. The Labute approximate surface area is 50.7 Å². The van der Waals surface area contributed by atoms with Crippen LogP contribution >= 0.6 is 15.9 Å². The van der Waals surface area contributed by atoms with Crippen molar-refractivity contribution >= 4 is 21.6 Å². The van der Waals surface area contributed by atoms with E-state index in [0.29, 0.717) is 11.4 Å². The van der Waals surface area contributed by atoms with Gasteiger partial charge in [-0.25, -0.2) is 0 Å². The fraction of sp³-hybridized carbons (Fsp3) is 0.750. The number of halogens is 1. The van der Waals surface area contributed by atoms with Crippen LogP contribution in [0.3, 0.4) is 0 Å². The normalized spacial score (nSPS) is 29.4. The standard InChI is InChI=1S/C4H6BrNO/c1-3-4(5)2-7-6-3/h4H,2H2,1H3. The monoisotopic (exact) mass is 163 g/mol. The molecule has 7 heavy (non-hydrogen) atoms. The van der Waals surface area contributed by atoms with E-state index < -0.39 is 0 Å². The Kier molecular flexibility index (Phi) is 1.32. The van der Waals surface area contributed by atoms with Crippen LogP contribution in [0.1, 0.15) is 6.92 Å². The Hall–Kier alpha value is -0.0500. The summed E-state index contributed by atoms with van der Waals surface area (Å²) >= 11 is 3.35. The Balaban J connectivity index is 2.54. The molecule has 40 valence electrons. The van der Waals surface area contributed by atoms with Gasteiger partial charge in [0.05, 0.1) is 10.5 Å². The van der Waals surface area contributed by atoms with E-state index in [9.17, 15) is 0 Å². The molecule has 2 nitrogen and oxygen atoms in total. The lowest BCUT2D eigenvalue weighted by Crippen LogP contribution is -2.06. The number of nitrogens with zero attached hydrogens (tertiary/aromatic N) is 1. The SMILES string of the molecule is CC1=NOCC1Br. The first-order chi connectivity index (χ1) is 3.30. The van der Waals surface area contributed by atoms with Gasteiger partial charge in [0.15, 0.2) is 0 Å². The van der Waals surface area contributed by atoms with Crippen LogP contribution in [0.4, 0.5) is 0 Å². The third-order valence-corrected chi connectivity index (χ3v) is 1.81. The van der Waals surface area contributed by atoms with Crippen LogP contribution in [-0.4, -0.2) is 17.1 Å². The van der Waals surface area contributed by atoms with Crippen LogP contribution in [-0.2, 0) is 4.84 Å². The van der Waals surface area contributed by atoms with Gasteiger partial charge in [-0.2, -0.15) is 0 Å². The molecule has 0 aromatic rings. The molecule has 0 aromatic carbocycles. The van der Waals surface area contributed by atoms with Gasteiger partial charge < -0.3 is 4.84 Å². The van der Waals surface area contributed by atoms with Gasteiger partial charge in [-0.1, -0.05) is 21.1 Å². The molecule has 0 amide bonds. The van der Waals surface area contributed by atoms with Crippen LogP contribution < -0.4 is 0 Å². The van der Waals surface area contributed by atoms with Crippen molar-refractivity contribution in [1.29, 1.82) is 0 Å². The average molecular weight is 164 g/mol. The van der Waals surface area contributed by atoms with E-state index >= 15 is 0 Å². The van der Waals surface area contributed by atoms with Crippen LogP contribution in [0.25, 0.3) is 0 Å². The molecule has 1 rings (SSSR count). The van der Waals surface area contributed by atoms with E-state index in [1.165, 1.54) is 0 Å². The molecule has 0 saturated heterocycles. The lowest BCUT2D eigenvalue weighted by molar-refractivity contribution is 0.176. The topological polar surface area (TPSA) is 21.6 Å². The highest BCUT2D eigenvalue weighted by Gasteiger charge is 2.13. The minimum Gasteiger partial charge on any atom is -0.394 e. The molecule has 1 heterocycles. The Morgan fingerprint density at radius 3 is 2.86 bits per heavy atom. The summed E-state index contributed by atoms with van der Waals surface area (Å²) in [5.41, 5.74) is 1.03. The van der Waals surface area contributed by atoms with E-state index in [1.54, 1.807) is 0 Å². The Morgan fingerprint density at radius 2 is 2.71 bits per heavy atom. The summed E-state index contributed by atoms with van der Waals surface area (Å²) in [6, 6.07) is 0. The van der Waals surface area contributed by atoms with Gasteiger partial charge >= 0.3 is 0 Å². The highest BCUT2D eigenvalue weighted by atomic mass is 79.9. The molecule has 1 aliphatic rings. The molecule has 0 N–H and O–H groups in total. The van der Waals surface area contributed by atoms with Gasteiger partial charge in [0.25, 0.3) is 0 Å². The van der Waals surface area contributed by atoms with Crippen molar-refractivity contribution in [3.05, 3.63) is 0 Å². The van der Waals surface area contributed by atoms with E-state index in [2.05, 4.69) is 21.1 Å². The zero-order valence-corrected chi connectivity index (χ0v) is 5.60. The third-order valence-electron chi connectivity index (χ3n) is 0.883. The summed E-state index contributed by atoms with van der Waals surface area (Å²) in [4.78, 5) is 5.06. The number of oxime groups is 1. The Morgan fingerprint density at radius 1 is 2.00 bits per heavy atom. The maximum absolute atomic E-state index is 4.71. The van der Waals surface area contributed by atoms with Crippen molar-refractivity contribution in [2.45, 2.75) is 11.8 Å². The second-order valence-corrected chi connectivity index (χ2v) is 2.60. The minimum atomic E-state index is 0.354. The van der Waals surface area contributed by atoms with E-state index in [1.807, 2.05) is 6.92 Å². The summed E-state index contributed by atoms with van der Waals surface area (Å²) in [5.74, 6) is 0. The van der Waals surface area contributed by atoms with Crippen molar-refractivity contribution < 1.29 is 4.84 Å². The van der Waals surface area contributed by atoms with Gasteiger partial charge in [-0.15, -0.1) is 0 Å². The van der Waals surface area contributed by atoms with E-state index in [0.717, 1.165) is 5.71 Å². The van der Waals surface area contributed by atoms with Crippen LogP contribution in [0.15, 0.2) is 5.16 Å². The molecule has 0 aromatic heterocycles. The highest BCUT2D eigenvalue weighted by molar-refractivity contribution is 9.10. The summed E-state index contributed by atoms with van der Waals surface area (Å²) in [6.07, 6.45) is 0. The predicted molar refractivity (Wildman–Crippen MR) is 31.8 cm³/mol. The minimum absolute atomic E-state index is 0.354. The first-order valence-electron chi connectivity index (χ1n) is 2.11. The number of hydrogen-bond acceptors (Lipinski definition) is 2. The van der Waals surface area contributed by atoms with Crippen molar-refractivity contribution in [3.63, 3.8) is 0 Å². The molecule has 0 aliphatic carbocycles. The highest BCUT2D eigenvalue weighted by Crippen LogP contribution is 2.09. The maximum Gasteiger partial charge on any atom is 0.135 e. The zero-order chi connectivity index (χ0) is 5.28. The quantitative estimate of drug-likeness (QED) is 0.492. The second-order valence-electron chi connectivity index (χ2n) is 1.50. The fourth-order valence-electron chi connectivity index (χ4n) is 0.382. The largest absolute Gasteiger partial charge is 0.394 e. The molecule has 1 atom stereocenters. The molecular weight excluding hydrogens is 158 g/mol. The van der Waals surface area contributed by atoms with Gasteiger partial charge in [0.2, 0.25) is 0 Å². The molecule has 0 bridgehead atoms. The lowest BCUT2D eigenvalue weighted by atomic mass is 10.3. The van der Waals surface area contributed by atoms with Gasteiger partial charge in [-0.05, 0) is 6.92 Å². The second kappa shape index (κ2) is 1.82. The lowest BCUT2D eigenvalue weighted by Gasteiger charge is -1.89. The summed E-state index contributed by atoms with van der Waals surface area (Å²) in [6.45, 7) is 2.62. The first kappa shape index (κ1) is 5.09. The van der Waals surface area contributed by atoms with Crippen molar-refractivity contribution in [1.82, 2.24) is 0 Å². The summed E-state index contributed by atoms with van der Waals surface area (Å²) < 4.78 is 0. The van der Waals surface area contributed by atoms with E-state index in [-0.39, 0.29) is 0 Å². The van der Waals surface area contributed by atoms with Crippen molar-refractivity contribution in [2.24, 2.45) is 5.16 Å². The zero-order valence-electron chi connectivity index (χ0n) is 4.02. The average Bonchev–Trinajstić information content (AvgIpc) is 1.91. The van der Waals surface area contributed by atoms with Crippen LogP contribution in [0, 0.1) is 0 Å². The predicted octanol–water partition coefficient (Wildman–Crippen LogP) is 1.16. The summed E-state index contributed by atoms with van der Waals surface area (Å²) in [5, 5.41) is 3.69.